The first-order valence-corrected chi connectivity index (χ1v) is 7.44. The Kier molecular flexibility index (Phi) is 4.46. The second kappa shape index (κ2) is 5.94. The molecule has 1 saturated carbocycles. The predicted molar refractivity (Wildman–Crippen MR) is 83.9 cm³/mol. The van der Waals surface area contributed by atoms with Crippen LogP contribution >= 0.6 is 0 Å². The van der Waals surface area contributed by atoms with E-state index in [4.69, 9.17) is 9.47 Å². The Balaban J connectivity index is 2.16. The molecule has 1 N–H and O–H groups in total. The maximum atomic E-state index is 5.40. The lowest BCUT2D eigenvalue weighted by atomic mass is 9.75. The van der Waals surface area contributed by atoms with E-state index >= 15 is 0 Å². The van der Waals surface area contributed by atoms with Crippen molar-refractivity contribution in [1.29, 1.82) is 0 Å². The molecule has 1 aliphatic carbocycles. The number of hydrogen-bond donors (Lipinski definition) is 1. The molecule has 3 nitrogen and oxygen atoms in total. The van der Waals surface area contributed by atoms with E-state index in [0.29, 0.717) is 11.5 Å². The summed E-state index contributed by atoms with van der Waals surface area (Å²) in [5.74, 6) is 1.58. The number of methoxy groups -OCH3 is 2. The Morgan fingerprint density at radius 3 is 2.40 bits per heavy atom. The van der Waals surface area contributed by atoms with Crippen LogP contribution in [0.3, 0.4) is 0 Å². The van der Waals surface area contributed by atoms with E-state index in [1.165, 1.54) is 31.2 Å². The van der Waals surface area contributed by atoms with E-state index in [2.05, 4.69) is 32.2 Å². The Morgan fingerprint density at radius 2 is 1.80 bits per heavy atom. The summed E-state index contributed by atoms with van der Waals surface area (Å²) in [7, 11) is 3.36. The molecule has 1 fully saturated rings. The maximum absolute atomic E-state index is 5.40. The van der Waals surface area contributed by atoms with Gasteiger partial charge in [-0.3, -0.25) is 0 Å². The second-order valence-corrected chi connectivity index (χ2v) is 6.62. The molecule has 0 heterocycles. The fraction of sp³-hybridized carbons (Fsp3) is 0.647. The van der Waals surface area contributed by atoms with Gasteiger partial charge in [0.1, 0.15) is 0 Å². The van der Waals surface area contributed by atoms with Crippen LogP contribution in [0.1, 0.15) is 45.1 Å². The molecule has 0 amide bonds. The molecule has 1 aliphatic rings. The molecule has 2 rings (SSSR count). The standard InChI is InChI=1S/C17H27NO2/c1-12-9-15(19-4)16(20-5)10-14(12)18-13-7-6-8-17(2,3)11-13/h9-10,13,18H,6-8,11H2,1-5H3. The number of hydrogen-bond acceptors (Lipinski definition) is 3. The van der Waals surface area contributed by atoms with Crippen molar-refractivity contribution < 1.29 is 9.47 Å². The summed E-state index contributed by atoms with van der Waals surface area (Å²) < 4.78 is 10.7. The number of rotatable bonds is 4. The largest absolute Gasteiger partial charge is 0.493 e. The third-order valence-corrected chi connectivity index (χ3v) is 4.30. The highest BCUT2D eigenvalue weighted by Crippen LogP contribution is 2.38. The fourth-order valence-corrected chi connectivity index (χ4v) is 3.18. The minimum absolute atomic E-state index is 0.445. The van der Waals surface area contributed by atoms with Crippen molar-refractivity contribution in [3.63, 3.8) is 0 Å². The minimum Gasteiger partial charge on any atom is -0.493 e. The molecule has 1 aromatic carbocycles. The third-order valence-electron chi connectivity index (χ3n) is 4.30. The highest BCUT2D eigenvalue weighted by Gasteiger charge is 2.28. The lowest BCUT2D eigenvalue weighted by molar-refractivity contribution is 0.229. The zero-order chi connectivity index (χ0) is 14.8. The smallest absolute Gasteiger partial charge is 0.162 e. The molecule has 0 saturated heterocycles. The average Bonchev–Trinajstić information content (AvgIpc) is 2.39. The molecule has 1 atom stereocenters. The Labute approximate surface area is 122 Å². The van der Waals surface area contributed by atoms with Crippen LogP contribution in [0.4, 0.5) is 5.69 Å². The first-order chi connectivity index (χ1) is 9.45. The van der Waals surface area contributed by atoms with Gasteiger partial charge >= 0.3 is 0 Å². The molecular weight excluding hydrogens is 250 g/mol. The number of nitrogens with one attached hydrogen (secondary N) is 1. The molecule has 3 heteroatoms. The molecule has 0 bridgehead atoms. The van der Waals surface area contributed by atoms with E-state index in [1.54, 1.807) is 14.2 Å². The monoisotopic (exact) mass is 277 g/mol. The molecule has 1 aromatic rings. The zero-order valence-corrected chi connectivity index (χ0v) is 13.4. The Hall–Kier alpha value is -1.38. The van der Waals surface area contributed by atoms with Crippen LogP contribution in [-0.4, -0.2) is 20.3 Å². The van der Waals surface area contributed by atoms with Crippen molar-refractivity contribution >= 4 is 5.69 Å². The van der Waals surface area contributed by atoms with Crippen LogP contribution < -0.4 is 14.8 Å². The quantitative estimate of drug-likeness (QED) is 0.885. The van der Waals surface area contributed by atoms with Gasteiger partial charge < -0.3 is 14.8 Å². The summed E-state index contributed by atoms with van der Waals surface area (Å²) in [6.07, 6.45) is 5.10. The van der Waals surface area contributed by atoms with Gasteiger partial charge in [0, 0.05) is 17.8 Å². The van der Waals surface area contributed by atoms with Gasteiger partial charge in [0.15, 0.2) is 11.5 Å². The van der Waals surface area contributed by atoms with Gasteiger partial charge in [-0.2, -0.15) is 0 Å². The number of aryl methyl sites for hydroxylation is 1. The van der Waals surface area contributed by atoms with E-state index in [1.807, 2.05) is 6.07 Å². The first kappa shape index (κ1) is 15.0. The van der Waals surface area contributed by atoms with Crippen LogP contribution in [0.2, 0.25) is 0 Å². The molecule has 1 unspecified atom stereocenters. The van der Waals surface area contributed by atoms with Gasteiger partial charge in [-0.25, -0.2) is 0 Å². The number of benzene rings is 1. The summed E-state index contributed by atoms with van der Waals surface area (Å²) in [6.45, 7) is 6.84. The van der Waals surface area contributed by atoms with E-state index < -0.39 is 0 Å². The van der Waals surface area contributed by atoms with Gasteiger partial charge in [0.25, 0.3) is 0 Å². The Morgan fingerprint density at radius 1 is 1.15 bits per heavy atom. The lowest BCUT2D eigenvalue weighted by Crippen LogP contribution is -2.31. The van der Waals surface area contributed by atoms with Crippen LogP contribution in [0, 0.1) is 12.3 Å². The fourth-order valence-electron chi connectivity index (χ4n) is 3.18. The summed E-state index contributed by atoms with van der Waals surface area (Å²) in [6, 6.07) is 4.64. The SMILES string of the molecule is COc1cc(C)c(NC2CCCC(C)(C)C2)cc1OC. The van der Waals surface area contributed by atoms with Crippen molar-refractivity contribution in [3.05, 3.63) is 17.7 Å². The topological polar surface area (TPSA) is 30.5 Å². The highest BCUT2D eigenvalue weighted by molar-refractivity contribution is 5.60. The average molecular weight is 277 g/mol. The first-order valence-electron chi connectivity index (χ1n) is 7.44. The van der Waals surface area contributed by atoms with E-state index in [-0.39, 0.29) is 0 Å². The van der Waals surface area contributed by atoms with Gasteiger partial charge in [-0.1, -0.05) is 20.3 Å². The Bertz CT molecular complexity index is 468. The zero-order valence-electron chi connectivity index (χ0n) is 13.4. The van der Waals surface area contributed by atoms with Gasteiger partial charge in [-0.05, 0) is 43.2 Å². The van der Waals surface area contributed by atoms with Gasteiger partial charge in [-0.15, -0.1) is 0 Å². The molecule has 20 heavy (non-hydrogen) atoms. The van der Waals surface area contributed by atoms with Crippen LogP contribution in [0.25, 0.3) is 0 Å². The molecule has 0 radical (unpaired) electrons. The van der Waals surface area contributed by atoms with Crippen molar-refractivity contribution in [2.45, 2.75) is 52.5 Å². The van der Waals surface area contributed by atoms with Crippen LogP contribution in [0.15, 0.2) is 12.1 Å². The third kappa shape index (κ3) is 3.38. The molecular formula is C17H27NO2. The van der Waals surface area contributed by atoms with Crippen molar-refractivity contribution in [3.8, 4) is 11.5 Å². The number of anilines is 1. The van der Waals surface area contributed by atoms with Crippen LogP contribution in [0.5, 0.6) is 11.5 Å². The van der Waals surface area contributed by atoms with Crippen molar-refractivity contribution in [2.24, 2.45) is 5.41 Å². The van der Waals surface area contributed by atoms with Crippen molar-refractivity contribution in [2.75, 3.05) is 19.5 Å². The highest BCUT2D eigenvalue weighted by atomic mass is 16.5. The molecule has 0 aliphatic heterocycles. The van der Waals surface area contributed by atoms with Gasteiger partial charge in [0.05, 0.1) is 14.2 Å². The second-order valence-electron chi connectivity index (χ2n) is 6.62. The predicted octanol–water partition coefficient (Wildman–Crippen LogP) is 4.39. The summed E-state index contributed by atoms with van der Waals surface area (Å²) in [4.78, 5) is 0. The van der Waals surface area contributed by atoms with Crippen LogP contribution in [-0.2, 0) is 0 Å². The summed E-state index contributed by atoms with van der Waals surface area (Å²) in [5, 5.41) is 3.70. The van der Waals surface area contributed by atoms with Gasteiger partial charge in [0.2, 0.25) is 0 Å². The number of ether oxygens (including phenoxy) is 2. The maximum Gasteiger partial charge on any atom is 0.162 e. The molecule has 0 spiro atoms. The molecule has 112 valence electrons. The molecule has 0 aromatic heterocycles. The normalized spacial score (nSPS) is 21.4. The summed E-state index contributed by atoms with van der Waals surface area (Å²) in [5.41, 5.74) is 2.80. The lowest BCUT2D eigenvalue weighted by Gasteiger charge is -2.36. The minimum atomic E-state index is 0.445. The van der Waals surface area contributed by atoms with E-state index in [9.17, 15) is 0 Å². The van der Waals surface area contributed by atoms with Crippen molar-refractivity contribution in [1.82, 2.24) is 0 Å². The van der Waals surface area contributed by atoms with E-state index in [0.717, 1.165) is 17.2 Å². The summed E-state index contributed by atoms with van der Waals surface area (Å²) >= 11 is 0.